The van der Waals surface area contributed by atoms with Gasteiger partial charge in [-0.3, -0.25) is 4.99 Å². The van der Waals surface area contributed by atoms with Crippen molar-refractivity contribution < 1.29 is 8.42 Å². The smallest absolute Gasteiger partial charge is 0.191 e. The van der Waals surface area contributed by atoms with Crippen molar-refractivity contribution in [1.82, 2.24) is 15.2 Å². The molecule has 1 aromatic carbocycles. The second-order valence-corrected chi connectivity index (χ2v) is 8.55. The maximum Gasteiger partial charge on any atom is 0.191 e. The third-order valence-corrected chi connectivity index (χ3v) is 6.52. The summed E-state index contributed by atoms with van der Waals surface area (Å²) in [5.41, 5.74) is 0.912. The number of aromatic nitrogens is 1. The SMILES string of the molecule is CN=C(NCCCS(=O)(=O)c1ccccc1)NCc1cc(Cl)c(Cl)n1C. The Morgan fingerprint density at radius 1 is 1.19 bits per heavy atom. The average molecular weight is 417 g/mol. The summed E-state index contributed by atoms with van der Waals surface area (Å²) in [6.07, 6.45) is 0.472. The Balaban J connectivity index is 1.79. The largest absolute Gasteiger partial charge is 0.356 e. The zero-order chi connectivity index (χ0) is 19.2. The van der Waals surface area contributed by atoms with Crippen LogP contribution in [0.1, 0.15) is 12.1 Å². The second-order valence-electron chi connectivity index (χ2n) is 5.67. The molecular formula is C17H22Cl2N4O2S. The van der Waals surface area contributed by atoms with Gasteiger partial charge in [-0.15, -0.1) is 0 Å². The highest BCUT2D eigenvalue weighted by Crippen LogP contribution is 2.24. The summed E-state index contributed by atoms with van der Waals surface area (Å²) in [6, 6.07) is 10.2. The van der Waals surface area contributed by atoms with E-state index in [1.807, 2.05) is 7.05 Å². The first-order chi connectivity index (χ1) is 12.3. The molecule has 26 heavy (non-hydrogen) atoms. The molecule has 1 heterocycles. The molecule has 2 aromatic rings. The van der Waals surface area contributed by atoms with Gasteiger partial charge in [-0.05, 0) is 24.6 Å². The Labute approximate surface area is 164 Å². The Bertz CT molecular complexity index is 864. The summed E-state index contributed by atoms with van der Waals surface area (Å²) in [7, 11) is 0.222. The number of nitrogens with one attached hydrogen (secondary N) is 2. The van der Waals surface area contributed by atoms with Crippen molar-refractivity contribution in [1.29, 1.82) is 0 Å². The summed E-state index contributed by atoms with van der Waals surface area (Å²) in [6.45, 7) is 0.977. The predicted octanol–water partition coefficient (Wildman–Crippen LogP) is 2.86. The van der Waals surface area contributed by atoms with Crippen LogP contribution >= 0.6 is 23.2 Å². The van der Waals surface area contributed by atoms with Crippen molar-refractivity contribution >= 4 is 39.0 Å². The molecule has 0 saturated carbocycles. The Morgan fingerprint density at radius 3 is 2.46 bits per heavy atom. The van der Waals surface area contributed by atoms with E-state index in [0.717, 1.165) is 5.69 Å². The van der Waals surface area contributed by atoms with Crippen LogP contribution in [-0.4, -0.2) is 38.3 Å². The van der Waals surface area contributed by atoms with Gasteiger partial charge in [0.15, 0.2) is 15.8 Å². The number of benzene rings is 1. The van der Waals surface area contributed by atoms with Crippen LogP contribution in [0.15, 0.2) is 46.3 Å². The molecule has 9 heteroatoms. The third kappa shape index (κ3) is 5.40. The van der Waals surface area contributed by atoms with Gasteiger partial charge >= 0.3 is 0 Å². The van der Waals surface area contributed by atoms with Gasteiger partial charge in [0, 0.05) is 26.3 Å². The molecule has 6 nitrogen and oxygen atoms in total. The lowest BCUT2D eigenvalue weighted by atomic mass is 10.4. The number of hydrogen-bond acceptors (Lipinski definition) is 3. The lowest BCUT2D eigenvalue weighted by Crippen LogP contribution is -2.38. The van der Waals surface area contributed by atoms with E-state index in [4.69, 9.17) is 23.2 Å². The minimum atomic E-state index is -3.26. The Morgan fingerprint density at radius 2 is 1.88 bits per heavy atom. The quantitative estimate of drug-likeness (QED) is 0.413. The highest BCUT2D eigenvalue weighted by Gasteiger charge is 2.13. The van der Waals surface area contributed by atoms with Crippen LogP contribution < -0.4 is 10.6 Å². The number of halogens is 2. The highest BCUT2D eigenvalue weighted by atomic mass is 35.5. The zero-order valence-corrected chi connectivity index (χ0v) is 17.0. The maximum absolute atomic E-state index is 12.2. The van der Waals surface area contributed by atoms with Gasteiger partial charge in [0.1, 0.15) is 5.15 Å². The van der Waals surface area contributed by atoms with Crippen LogP contribution in [0.5, 0.6) is 0 Å². The van der Waals surface area contributed by atoms with Crippen molar-refractivity contribution in [3.05, 3.63) is 52.3 Å². The first-order valence-corrected chi connectivity index (χ1v) is 10.5. The van der Waals surface area contributed by atoms with Gasteiger partial charge < -0.3 is 15.2 Å². The highest BCUT2D eigenvalue weighted by molar-refractivity contribution is 7.91. The molecule has 0 bridgehead atoms. The molecule has 0 spiro atoms. The fraction of sp³-hybridized carbons (Fsp3) is 0.353. The molecule has 142 valence electrons. The fourth-order valence-electron chi connectivity index (χ4n) is 2.37. The molecule has 1 aromatic heterocycles. The van der Waals surface area contributed by atoms with E-state index in [2.05, 4.69) is 15.6 Å². The minimum absolute atomic E-state index is 0.0734. The normalized spacial score (nSPS) is 12.2. The fourth-order valence-corrected chi connectivity index (χ4v) is 4.12. The summed E-state index contributed by atoms with van der Waals surface area (Å²) >= 11 is 12.0. The summed E-state index contributed by atoms with van der Waals surface area (Å²) in [5, 5.41) is 7.24. The van der Waals surface area contributed by atoms with Crippen LogP contribution in [0.2, 0.25) is 10.2 Å². The molecule has 0 unspecified atom stereocenters. The average Bonchev–Trinajstić information content (AvgIpc) is 2.88. The van der Waals surface area contributed by atoms with Gasteiger partial charge in [-0.25, -0.2) is 8.42 Å². The molecule has 0 aliphatic carbocycles. The van der Waals surface area contributed by atoms with E-state index >= 15 is 0 Å². The van der Waals surface area contributed by atoms with Crippen LogP contribution in [0.4, 0.5) is 0 Å². The Kier molecular flexibility index (Phi) is 7.37. The monoisotopic (exact) mass is 416 g/mol. The molecule has 2 rings (SSSR count). The third-order valence-electron chi connectivity index (χ3n) is 3.86. The standard InChI is InChI=1S/C17H22Cl2N4O2S/c1-20-17(22-12-13-11-15(18)16(19)23(13)2)21-9-6-10-26(24,25)14-7-4-3-5-8-14/h3-5,7-8,11H,6,9-10,12H2,1-2H3,(H2,20,21,22). The minimum Gasteiger partial charge on any atom is -0.356 e. The van der Waals surface area contributed by atoms with Crippen molar-refractivity contribution in [2.75, 3.05) is 19.3 Å². The Hall–Kier alpha value is -1.70. The molecule has 0 fully saturated rings. The number of guanidine groups is 1. The number of hydrogen-bond donors (Lipinski definition) is 2. The van der Waals surface area contributed by atoms with Crippen LogP contribution in [0.25, 0.3) is 0 Å². The number of aliphatic imine (C=N–C) groups is 1. The lowest BCUT2D eigenvalue weighted by molar-refractivity contribution is 0.592. The van der Waals surface area contributed by atoms with E-state index in [9.17, 15) is 8.42 Å². The molecule has 0 radical (unpaired) electrons. The van der Waals surface area contributed by atoms with Crippen LogP contribution in [0.3, 0.4) is 0 Å². The van der Waals surface area contributed by atoms with E-state index in [1.54, 1.807) is 48.0 Å². The molecule has 0 aliphatic heterocycles. The van der Waals surface area contributed by atoms with Gasteiger partial charge in [-0.1, -0.05) is 41.4 Å². The van der Waals surface area contributed by atoms with Crippen LogP contribution in [0, 0.1) is 0 Å². The van der Waals surface area contributed by atoms with Crippen molar-refractivity contribution in [2.45, 2.75) is 17.9 Å². The van der Waals surface area contributed by atoms with Crippen LogP contribution in [-0.2, 0) is 23.4 Å². The summed E-state index contributed by atoms with van der Waals surface area (Å²) < 4.78 is 26.2. The van der Waals surface area contributed by atoms with Gasteiger partial charge in [0.05, 0.1) is 22.2 Å². The zero-order valence-electron chi connectivity index (χ0n) is 14.7. The first-order valence-electron chi connectivity index (χ1n) is 8.07. The number of nitrogens with zero attached hydrogens (tertiary/aromatic N) is 2. The summed E-state index contributed by atoms with van der Waals surface area (Å²) in [5.74, 6) is 0.653. The van der Waals surface area contributed by atoms with Gasteiger partial charge in [0.25, 0.3) is 0 Å². The maximum atomic E-state index is 12.2. The first kappa shape index (κ1) is 20.6. The van der Waals surface area contributed by atoms with Gasteiger partial charge in [-0.2, -0.15) is 0 Å². The van der Waals surface area contributed by atoms with Crippen molar-refractivity contribution in [2.24, 2.45) is 12.0 Å². The second kappa shape index (κ2) is 9.30. The summed E-state index contributed by atoms with van der Waals surface area (Å²) in [4.78, 5) is 4.47. The number of rotatable bonds is 7. The molecule has 0 atom stereocenters. The predicted molar refractivity (Wildman–Crippen MR) is 107 cm³/mol. The molecule has 0 amide bonds. The lowest BCUT2D eigenvalue weighted by Gasteiger charge is -2.12. The van der Waals surface area contributed by atoms with E-state index in [1.165, 1.54) is 0 Å². The molecule has 0 saturated heterocycles. The van der Waals surface area contributed by atoms with E-state index < -0.39 is 9.84 Å². The van der Waals surface area contributed by atoms with Crippen molar-refractivity contribution in [3.8, 4) is 0 Å². The molecular weight excluding hydrogens is 395 g/mol. The molecule has 0 aliphatic rings. The van der Waals surface area contributed by atoms with Crippen molar-refractivity contribution in [3.63, 3.8) is 0 Å². The van der Waals surface area contributed by atoms with E-state index in [-0.39, 0.29) is 5.75 Å². The number of sulfone groups is 1. The van der Waals surface area contributed by atoms with Gasteiger partial charge in [0.2, 0.25) is 0 Å². The topological polar surface area (TPSA) is 75.5 Å². The molecule has 2 N–H and O–H groups in total. The van der Waals surface area contributed by atoms with E-state index in [0.29, 0.717) is 40.5 Å².